The van der Waals surface area contributed by atoms with E-state index >= 15 is 0 Å². The molecule has 0 radical (unpaired) electrons. The number of amides is 1. The fraction of sp³-hybridized carbons (Fsp3) is 0.643. The molecule has 1 amide bonds. The molecule has 1 aromatic rings. The van der Waals surface area contributed by atoms with Crippen molar-refractivity contribution in [2.24, 2.45) is 0 Å². The second-order valence-corrected chi connectivity index (χ2v) is 5.50. The van der Waals surface area contributed by atoms with Crippen molar-refractivity contribution in [3.8, 4) is 0 Å². The van der Waals surface area contributed by atoms with E-state index in [1.807, 2.05) is 0 Å². The van der Waals surface area contributed by atoms with Crippen LogP contribution >= 0.6 is 0 Å². The zero-order chi connectivity index (χ0) is 17.0. The maximum Gasteiger partial charge on any atom is 0.398 e. The van der Waals surface area contributed by atoms with Gasteiger partial charge in [0.1, 0.15) is 17.6 Å². The van der Waals surface area contributed by atoms with Gasteiger partial charge in [-0.05, 0) is 19.8 Å². The highest BCUT2D eigenvalue weighted by Gasteiger charge is 2.45. The summed E-state index contributed by atoms with van der Waals surface area (Å²) in [5.41, 5.74) is 0. The highest BCUT2D eigenvalue weighted by atomic mass is 19.4. The topological polar surface area (TPSA) is 71.8 Å². The number of aromatic nitrogens is 3. The molecule has 0 bridgehead atoms. The van der Waals surface area contributed by atoms with Crippen LogP contribution in [0.15, 0.2) is 12.7 Å². The number of nitrogens with one attached hydrogen (secondary N) is 2. The summed E-state index contributed by atoms with van der Waals surface area (Å²) in [4.78, 5) is 11.7. The Kier molecular flexibility index (Phi) is 5.40. The van der Waals surface area contributed by atoms with Gasteiger partial charge in [-0.1, -0.05) is 6.08 Å². The smallest absolute Gasteiger partial charge is 0.351 e. The Bertz CT molecular complexity index is 569. The fourth-order valence-corrected chi connectivity index (χ4v) is 2.54. The van der Waals surface area contributed by atoms with Gasteiger partial charge in [-0.25, -0.2) is 0 Å². The molecule has 2 rings (SSSR count). The third-order valence-electron chi connectivity index (χ3n) is 3.82. The lowest BCUT2D eigenvalue weighted by molar-refractivity contribution is -0.156. The number of hydrogen-bond acceptors (Lipinski definition) is 4. The first-order valence-electron chi connectivity index (χ1n) is 7.45. The molecular weight excluding hydrogens is 311 g/mol. The van der Waals surface area contributed by atoms with Crippen molar-refractivity contribution in [2.45, 2.75) is 51.0 Å². The van der Waals surface area contributed by atoms with E-state index in [-0.39, 0.29) is 24.7 Å². The predicted octanol–water partition coefficient (Wildman–Crippen LogP) is 1.50. The van der Waals surface area contributed by atoms with Crippen LogP contribution in [0.25, 0.3) is 0 Å². The van der Waals surface area contributed by atoms with Crippen molar-refractivity contribution in [3.05, 3.63) is 24.3 Å². The highest BCUT2D eigenvalue weighted by molar-refractivity contribution is 5.81. The molecule has 0 fully saturated rings. The lowest BCUT2D eigenvalue weighted by atomic mass is 9.98. The molecule has 0 spiro atoms. The van der Waals surface area contributed by atoms with Crippen molar-refractivity contribution < 1.29 is 18.0 Å². The molecule has 0 unspecified atom stereocenters. The molecular formula is C14H20F3N5O. The van der Waals surface area contributed by atoms with E-state index in [0.717, 1.165) is 0 Å². The van der Waals surface area contributed by atoms with Crippen molar-refractivity contribution in [1.29, 1.82) is 0 Å². The van der Waals surface area contributed by atoms with E-state index in [4.69, 9.17) is 0 Å². The molecule has 1 aromatic heterocycles. The molecule has 0 saturated heterocycles. The summed E-state index contributed by atoms with van der Waals surface area (Å²) in [6, 6.07) is -0.495. The Morgan fingerprint density at radius 1 is 1.52 bits per heavy atom. The number of nitrogens with zero attached hydrogens (tertiary/aromatic N) is 3. The first-order chi connectivity index (χ1) is 10.8. The molecule has 0 saturated carbocycles. The van der Waals surface area contributed by atoms with E-state index in [0.29, 0.717) is 25.3 Å². The predicted molar refractivity (Wildman–Crippen MR) is 77.6 cm³/mol. The molecule has 0 aromatic carbocycles. The third-order valence-corrected chi connectivity index (χ3v) is 3.82. The number of fused-ring (bicyclic) bond motifs is 1. The summed E-state index contributed by atoms with van der Waals surface area (Å²) in [5, 5.41) is 13.2. The Hall–Kier alpha value is -1.90. The van der Waals surface area contributed by atoms with Crippen LogP contribution in [0, 0.1) is 0 Å². The molecule has 2 N–H and O–H groups in total. The Morgan fingerprint density at radius 3 is 2.91 bits per heavy atom. The molecule has 0 aliphatic carbocycles. The number of carbonyl (C=O) groups is 1. The SMILES string of the molecule is C=CCNC(=O)[C@@H](C)NCc1nnc2n1CCC[C@@H]2C(F)(F)F. The minimum atomic E-state index is -4.31. The van der Waals surface area contributed by atoms with E-state index in [1.54, 1.807) is 13.0 Å². The van der Waals surface area contributed by atoms with Gasteiger partial charge in [-0.2, -0.15) is 13.2 Å². The average Bonchev–Trinajstić information content (AvgIpc) is 2.92. The normalized spacial score (nSPS) is 19.0. The molecule has 2 atom stereocenters. The molecule has 23 heavy (non-hydrogen) atoms. The van der Waals surface area contributed by atoms with Gasteiger partial charge >= 0.3 is 6.18 Å². The van der Waals surface area contributed by atoms with Crippen molar-refractivity contribution in [2.75, 3.05) is 6.54 Å². The molecule has 1 aliphatic rings. The summed E-state index contributed by atoms with van der Waals surface area (Å²) in [5.74, 6) is -1.40. The summed E-state index contributed by atoms with van der Waals surface area (Å²) in [7, 11) is 0. The number of rotatable bonds is 6. The van der Waals surface area contributed by atoms with Gasteiger partial charge in [-0.3, -0.25) is 10.1 Å². The van der Waals surface area contributed by atoms with Gasteiger partial charge < -0.3 is 9.88 Å². The summed E-state index contributed by atoms with van der Waals surface area (Å²) < 4.78 is 40.5. The van der Waals surface area contributed by atoms with Crippen molar-refractivity contribution >= 4 is 5.91 Å². The Morgan fingerprint density at radius 2 is 2.26 bits per heavy atom. The van der Waals surface area contributed by atoms with E-state index in [9.17, 15) is 18.0 Å². The monoisotopic (exact) mass is 331 g/mol. The standard InChI is InChI=1S/C14H20F3N5O/c1-3-6-18-13(23)9(2)19-8-11-20-21-12-10(14(15,16)17)5-4-7-22(11)12/h3,9-10,19H,1,4-8H2,2H3,(H,18,23)/t9-,10+/m1/s1. The number of halogens is 3. The van der Waals surface area contributed by atoms with E-state index in [1.165, 1.54) is 4.57 Å². The maximum absolute atomic E-state index is 13.0. The zero-order valence-electron chi connectivity index (χ0n) is 12.9. The first-order valence-corrected chi connectivity index (χ1v) is 7.45. The summed E-state index contributed by atoms with van der Waals surface area (Å²) >= 11 is 0. The van der Waals surface area contributed by atoms with Crippen LogP contribution in [0.4, 0.5) is 13.2 Å². The van der Waals surface area contributed by atoms with Gasteiger partial charge in [0.2, 0.25) is 5.91 Å². The zero-order valence-corrected chi connectivity index (χ0v) is 12.9. The van der Waals surface area contributed by atoms with Gasteiger partial charge in [0.25, 0.3) is 0 Å². The van der Waals surface area contributed by atoms with Crippen molar-refractivity contribution in [3.63, 3.8) is 0 Å². The molecule has 2 heterocycles. The number of hydrogen-bond donors (Lipinski definition) is 2. The summed E-state index contributed by atoms with van der Waals surface area (Å²) in [6.45, 7) is 6.18. The van der Waals surface area contributed by atoms with Crippen LogP contribution in [0.2, 0.25) is 0 Å². The Labute approximate surface area is 132 Å². The lowest BCUT2D eigenvalue weighted by Gasteiger charge is -2.25. The second-order valence-electron chi connectivity index (χ2n) is 5.50. The van der Waals surface area contributed by atoms with Gasteiger partial charge in [0.15, 0.2) is 0 Å². The van der Waals surface area contributed by atoms with Gasteiger partial charge in [0, 0.05) is 13.1 Å². The highest BCUT2D eigenvalue weighted by Crippen LogP contribution is 2.40. The summed E-state index contributed by atoms with van der Waals surface area (Å²) in [6.07, 6.45) is -2.28. The molecule has 128 valence electrons. The number of carbonyl (C=O) groups excluding carboxylic acids is 1. The largest absolute Gasteiger partial charge is 0.398 e. The van der Waals surface area contributed by atoms with E-state index < -0.39 is 18.1 Å². The van der Waals surface area contributed by atoms with Gasteiger partial charge in [0.05, 0.1) is 12.6 Å². The van der Waals surface area contributed by atoms with Crippen LogP contribution < -0.4 is 10.6 Å². The maximum atomic E-state index is 13.0. The Balaban J connectivity index is 2.02. The fourth-order valence-electron chi connectivity index (χ4n) is 2.54. The molecule has 6 nitrogen and oxygen atoms in total. The van der Waals surface area contributed by atoms with Crippen LogP contribution in [-0.4, -0.2) is 39.4 Å². The third kappa shape index (κ3) is 4.10. The quantitative estimate of drug-likeness (QED) is 0.775. The van der Waals surface area contributed by atoms with Crippen LogP contribution in [-0.2, 0) is 17.9 Å². The van der Waals surface area contributed by atoms with Crippen LogP contribution in [0.3, 0.4) is 0 Å². The lowest BCUT2D eigenvalue weighted by Crippen LogP contribution is -2.42. The average molecular weight is 331 g/mol. The molecule has 9 heteroatoms. The van der Waals surface area contributed by atoms with Crippen LogP contribution in [0.1, 0.15) is 37.3 Å². The number of alkyl halides is 3. The minimum absolute atomic E-state index is 0.0371. The first kappa shape index (κ1) is 17.5. The van der Waals surface area contributed by atoms with Crippen LogP contribution in [0.5, 0.6) is 0 Å². The minimum Gasteiger partial charge on any atom is -0.351 e. The molecule has 1 aliphatic heterocycles. The van der Waals surface area contributed by atoms with Gasteiger partial charge in [-0.15, -0.1) is 16.8 Å². The van der Waals surface area contributed by atoms with E-state index in [2.05, 4.69) is 27.4 Å². The second kappa shape index (κ2) is 7.12. The van der Waals surface area contributed by atoms with Crippen molar-refractivity contribution in [1.82, 2.24) is 25.4 Å².